The second-order valence-electron chi connectivity index (χ2n) is 3.62. The highest BCUT2D eigenvalue weighted by Crippen LogP contribution is 2.19. The first-order valence-corrected chi connectivity index (χ1v) is 7.27. The zero-order chi connectivity index (χ0) is 13.8. The molecule has 4 nitrogen and oxygen atoms in total. The van der Waals surface area contributed by atoms with Gasteiger partial charge in [0, 0.05) is 21.8 Å². The fraction of sp³-hybridized carbons (Fsp3) is 0.0769. The molecule has 2 aromatic rings. The Labute approximate surface area is 121 Å². The molecule has 98 valence electrons. The van der Waals surface area contributed by atoms with Gasteiger partial charge in [0.05, 0.1) is 28.4 Å². The molecule has 0 aliphatic rings. The zero-order valence-corrected chi connectivity index (χ0v) is 12.4. The number of hydrogen-bond acceptors (Lipinski definition) is 4. The molecular weight excluding hydrogens is 330 g/mol. The molecule has 6 heteroatoms. The number of rotatable bonds is 3. The van der Waals surface area contributed by atoms with Crippen molar-refractivity contribution in [1.29, 1.82) is 0 Å². The van der Waals surface area contributed by atoms with Crippen LogP contribution in [0.2, 0.25) is 0 Å². The largest absolute Gasteiger partial charge is 0.465 e. The molecule has 0 spiro atoms. The van der Waals surface area contributed by atoms with Crippen molar-refractivity contribution in [3.8, 4) is 0 Å². The molecule has 1 unspecified atom stereocenters. The lowest BCUT2D eigenvalue weighted by molar-refractivity contribution is 0.0600. The van der Waals surface area contributed by atoms with E-state index in [1.165, 1.54) is 7.11 Å². The number of hydrogen-bond donors (Lipinski definition) is 0. The monoisotopic (exact) mass is 339 g/mol. The Morgan fingerprint density at radius 3 is 2.47 bits per heavy atom. The van der Waals surface area contributed by atoms with Crippen LogP contribution in [0.4, 0.5) is 0 Å². The molecule has 0 aliphatic carbocycles. The Kier molecular flexibility index (Phi) is 4.44. The van der Waals surface area contributed by atoms with Crippen molar-refractivity contribution in [3.05, 3.63) is 52.8 Å². The van der Waals surface area contributed by atoms with Gasteiger partial charge in [-0.25, -0.2) is 9.00 Å². The van der Waals surface area contributed by atoms with Gasteiger partial charge >= 0.3 is 5.97 Å². The highest BCUT2D eigenvalue weighted by Gasteiger charge is 2.10. The highest BCUT2D eigenvalue weighted by atomic mass is 79.9. The lowest BCUT2D eigenvalue weighted by Gasteiger charge is -2.04. The van der Waals surface area contributed by atoms with E-state index < -0.39 is 16.8 Å². The second-order valence-corrected chi connectivity index (χ2v) is 6.02. The molecule has 0 amide bonds. The molecule has 0 aliphatic heterocycles. The van der Waals surface area contributed by atoms with Crippen LogP contribution in [0.1, 0.15) is 10.4 Å². The predicted molar refractivity (Wildman–Crippen MR) is 74.4 cm³/mol. The fourth-order valence-electron chi connectivity index (χ4n) is 1.46. The van der Waals surface area contributed by atoms with Crippen molar-refractivity contribution in [3.63, 3.8) is 0 Å². The van der Waals surface area contributed by atoms with Crippen LogP contribution < -0.4 is 0 Å². The minimum atomic E-state index is -1.33. The molecular formula is C13H10BrNO3S. The lowest BCUT2D eigenvalue weighted by Crippen LogP contribution is -2.01. The van der Waals surface area contributed by atoms with E-state index in [0.29, 0.717) is 15.4 Å². The summed E-state index contributed by atoms with van der Waals surface area (Å²) in [4.78, 5) is 16.5. The quantitative estimate of drug-likeness (QED) is 0.807. The molecule has 1 aromatic heterocycles. The maximum atomic E-state index is 12.3. The molecule has 1 aromatic carbocycles. The van der Waals surface area contributed by atoms with Crippen molar-refractivity contribution in [2.45, 2.75) is 9.79 Å². The highest BCUT2D eigenvalue weighted by molar-refractivity contribution is 9.10. The summed E-state index contributed by atoms with van der Waals surface area (Å²) in [6.07, 6.45) is 3.18. The van der Waals surface area contributed by atoms with Crippen molar-refractivity contribution < 1.29 is 13.7 Å². The number of halogens is 1. The number of ether oxygens (including phenoxy) is 1. The van der Waals surface area contributed by atoms with Gasteiger partial charge in [-0.3, -0.25) is 4.98 Å². The molecule has 0 N–H and O–H groups in total. The molecule has 0 radical (unpaired) electrons. The molecule has 0 fully saturated rings. The van der Waals surface area contributed by atoms with E-state index in [0.717, 1.165) is 4.47 Å². The Bertz CT molecular complexity index is 628. The van der Waals surface area contributed by atoms with E-state index in [1.807, 2.05) is 0 Å². The summed E-state index contributed by atoms with van der Waals surface area (Å²) in [5.41, 5.74) is 0.426. The first-order chi connectivity index (χ1) is 9.11. The summed E-state index contributed by atoms with van der Waals surface area (Å²) >= 11 is 3.28. The minimum Gasteiger partial charge on any atom is -0.465 e. The van der Waals surface area contributed by atoms with E-state index in [2.05, 4.69) is 25.7 Å². The smallest absolute Gasteiger partial charge is 0.337 e. The first kappa shape index (κ1) is 13.9. The summed E-state index contributed by atoms with van der Waals surface area (Å²) in [6, 6.07) is 8.21. The van der Waals surface area contributed by atoms with Gasteiger partial charge in [0.25, 0.3) is 0 Å². The molecule has 1 atom stereocenters. The van der Waals surface area contributed by atoms with Crippen molar-refractivity contribution in [2.75, 3.05) is 7.11 Å². The number of nitrogens with zero attached hydrogens (tertiary/aromatic N) is 1. The van der Waals surface area contributed by atoms with Gasteiger partial charge < -0.3 is 4.74 Å². The summed E-state index contributed by atoms with van der Waals surface area (Å²) in [6.45, 7) is 0. The van der Waals surface area contributed by atoms with Crippen LogP contribution in [0.25, 0.3) is 0 Å². The molecule has 0 saturated heterocycles. The maximum Gasteiger partial charge on any atom is 0.337 e. The lowest BCUT2D eigenvalue weighted by atomic mass is 10.2. The summed E-state index contributed by atoms with van der Waals surface area (Å²) in [5.74, 6) is -0.415. The Balaban J connectivity index is 2.27. The van der Waals surface area contributed by atoms with Crippen molar-refractivity contribution in [1.82, 2.24) is 4.98 Å². The van der Waals surface area contributed by atoms with Gasteiger partial charge in [0.1, 0.15) is 0 Å². The van der Waals surface area contributed by atoms with Gasteiger partial charge in [-0.15, -0.1) is 0 Å². The number of aromatic nitrogens is 1. The van der Waals surface area contributed by atoms with Crippen LogP contribution in [-0.4, -0.2) is 22.3 Å². The number of benzene rings is 1. The normalized spacial score (nSPS) is 11.9. The summed E-state index contributed by atoms with van der Waals surface area (Å²) < 4.78 is 17.7. The van der Waals surface area contributed by atoms with Gasteiger partial charge in [-0.1, -0.05) is 0 Å². The van der Waals surface area contributed by atoms with Gasteiger partial charge in [0.2, 0.25) is 0 Å². The molecule has 2 rings (SSSR count). The van der Waals surface area contributed by atoms with Gasteiger partial charge in [0.15, 0.2) is 0 Å². The SMILES string of the molecule is COC(=O)c1ccc(S(=O)c2cncc(Br)c2)cc1. The standard InChI is InChI=1S/C13H10BrNO3S/c1-18-13(16)9-2-4-11(5-3-9)19(17)12-6-10(14)7-15-8-12/h2-8H,1H3. The average Bonchev–Trinajstić information content (AvgIpc) is 2.46. The molecule has 19 heavy (non-hydrogen) atoms. The predicted octanol–water partition coefficient (Wildman–Crippen LogP) is 2.80. The van der Waals surface area contributed by atoms with Crippen LogP contribution in [0.15, 0.2) is 57.0 Å². The number of carbonyl (C=O) groups excluding carboxylic acids is 1. The Morgan fingerprint density at radius 2 is 1.89 bits per heavy atom. The summed E-state index contributed by atoms with van der Waals surface area (Å²) in [5, 5.41) is 0. The second kappa shape index (κ2) is 6.08. The van der Waals surface area contributed by atoms with Crippen LogP contribution in [0, 0.1) is 0 Å². The van der Waals surface area contributed by atoms with E-state index >= 15 is 0 Å². The van der Waals surface area contributed by atoms with Crippen LogP contribution in [0.5, 0.6) is 0 Å². The third-order valence-corrected chi connectivity index (χ3v) is 4.17. The fourth-order valence-corrected chi connectivity index (χ4v) is 3.02. The van der Waals surface area contributed by atoms with E-state index in [4.69, 9.17) is 0 Å². The zero-order valence-electron chi connectivity index (χ0n) is 10.00. The Morgan fingerprint density at radius 1 is 1.21 bits per heavy atom. The number of carbonyl (C=O) groups is 1. The third kappa shape index (κ3) is 3.27. The first-order valence-electron chi connectivity index (χ1n) is 5.32. The number of esters is 1. The van der Waals surface area contributed by atoms with E-state index in [1.54, 1.807) is 42.7 Å². The van der Waals surface area contributed by atoms with E-state index in [9.17, 15) is 9.00 Å². The maximum absolute atomic E-state index is 12.3. The molecule has 0 saturated carbocycles. The number of methoxy groups -OCH3 is 1. The van der Waals surface area contributed by atoms with Crippen LogP contribution in [0.3, 0.4) is 0 Å². The van der Waals surface area contributed by atoms with Gasteiger partial charge in [-0.2, -0.15) is 0 Å². The summed E-state index contributed by atoms with van der Waals surface area (Å²) in [7, 11) is -0.00414. The average molecular weight is 340 g/mol. The third-order valence-electron chi connectivity index (χ3n) is 2.38. The molecule has 0 bridgehead atoms. The van der Waals surface area contributed by atoms with Crippen molar-refractivity contribution >= 4 is 32.7 Å². The van der Waals surface area contributed by atoms with Crippen LogP contribution in [-0.2, 0) is 15.5 Å². The van der Waals surface area contributed by atoms with Crippen LogP contribution >= 0.6 is 15.9 Å². The minimum absolute atomic E-state index is 0.415. The Hall–Kier alpha value is -1.53. The van der Waals surface area contributed by atoms with Gasteiger partial charge in [-0.05, 0) is 46.3 Å². The topological polar surface area (TPSA) is 56.3 Å². The number of pyridine rings is 1. The van der Waals surface area contributed by atoms with Crippen molar-refractivity contribution in [2.24, 2.45) is 0 Å². The van der Waals surface area contributed by atoms with E-state index in [-0.39, 0.29) is 0 Å². The molecule has 1 heterocycles.